The molecule has 0 saturated carbocycles. The Kier molecular flexibility index (Phi) is 4.57. The molecule has 19 heavy (non-hydrogen) atoms. The van der Waals surface area contributed by atoms with Crippen molar-refractivity contribution < 1.29 is 9.47 Å². The van der Waals surface area contributed by atoms with E-state index >= 15 is 0 Å². The van der Waals surface area contributed by atoms with Crippen LogP contribution in [0.25, 0.3) is 0 Å². The molecule has 6 nitrogen and oxygen atoms in total. The van der Waals surface area contributed by atoms with Crippen LogP contribution >= 0.6 is 11.6 Å². The van der Waals surface area contributed by atoms with E-state index < -0.39 is 0 Å². The van der Waals surface area contributed by atoms with E-state index in [1.54, 1.807) is 18.9 Å². The Labute approximate surface area is 116 Å². The molecule has 0 aliphatic heterocycles. The molecule has 0 atom stereocenters. The van der Waals surface area contributed by atoms with Gasteiger partial charge in [-0.25, -0.2) is 4.68 Å². The van der Waals surface area contributed by atoms with Crippen LogP contribution in [0.2, 0.25) is 0 Å². The monoisotopic (exact) mass is 282 g/mol. The summed E-state index contributed by atoms with van der Waals surface area (Å²) in [5.74, 6) is 2.41. The zero-order chi connectivity index (χ0) is 13.7. The minimum atomic E-state index is 0.304. The second-order valence-corrected chi connectivity index (χ2v) is 4.16. The standard InChI is InChI=1S/C12H15ClN4O2/c1-18-10-4-3-9(7-11(10)19-2)5-6-17-12(8-13)14-15-16-17/h3-4,7H,5-6,8H2,1-2H3. The molecule has 1 aromatic heterocycles. The Morgan fingerprint density at radius 2 is 2.00 bits per heavy atom. The van der Waals surface area contributed by atoms with Gasteiger partial charge in [-0.05, 0) is 34.5 Å². The fourth-order valence-corrected chi connectivity index (χ4v) is 1.96. The number of nitrogens with zero attached hydrogens (tertiary/aromatic N) is 4. The Bertz CT molecular complexity index is 544. The van der Waals surface area contributed by atoms with Gasteiger partial charge in [0, 0.05) is 6.54 Å². The summed E-state index contributed by atoms with van der Waals surface area (Å²) in [6.07, 6.45) is 0.787. The van der Waals surface area contributed by atoms with E-state index in [9.17, 15) is 0 Å². The van der Waals surface area contributed by atoms with Crippen molar-refractivity contribution in [2.24, 2.45) is 0 Å². The SMILES string of the molecule is COc1ccc(CCn2nnnc2CCl)cc1OC. The molecule has 2 rings (SSSR count). The number of ether oxygens (including phenoxy) is 2. The highest BCUT2D eigenvalue weighted by Crippen LogP contribution is 2.27. The lowest BCUT2D eigenvalue weighted by atomic mass is 10.1. The van der Waals surface area contributed by atoms with Gasteiger partial charge in [0.25, 0.3) is 0 Å². The normalized spacial score (nSPS) is 10.5. The second-order valence-electron chi connectivity index (χ2n) is 3.89. The zero-order valence-electron chi connectivity index (χ0n) is 10.8. The summed E-state index contributed by atoms with van der Waals surface area (Å²) < 4.78 is 12.2. The highest BCUT2D eigenvalue weighted by atomic mass is 35.5. The van der Waals surface area contributed by atoms with Gasteiger partial charge in [0.05, 0.1) is 20.1 Å². The molecule has 0 unspecified atom stereocenters. The van der Waals surface area contributed by atoms with Crippen molar-refractivity contribution in [3.63, 3.8) is 0 Å². The lowest BCUT2D eigenvalue weighted by Gasteiger charge is -2.09. The number of halogens is 1. The number of aromatic nitrogens is 4. The third-order valence-electron chi connectivity index (χ3n) is 2.79. The second kappa shape index (κ2) is 6.38. The summed E-state index contributed by atoms with van der Waals surface area (Å²) in [5.41, 5.74) is 1.12. The first kappa shape index (κ1) is 13.6. The van der Waals surface area contributed by atoms with Gasteiger partial charge in [0.15, 0.2) is 17.3 Å². The minimum absolute atomic E-state index is 0.304. The van der Waals surface area contributed by atoms with Crippen molar-refractivity contribution in [2.45, 2.75) is 18.8 Å². The van der Waals surface area contributed by atoms with Crippen LogP contribution in [0, 0.1) is 0 Å². The van der Waals surface area contributed by atoms with Crippen molar-refractivity contribution >= 4 is 11.6 Å². The van der Waals surface area contributed by atoms with Gasteiger partial charge in [-0.15, -0.1) is 16.7 Å². The first-order chi connectivity index (χ1) is 9.28. The average molecular weight is 283 g/mol. The summed E-state index contributed by atoms with van der Waals surface area (Å²) in [6, 6.07) is 5.83. The number of aryl methyl sites for hydroxylation is 2. The lowest BCUT2D eigenvalue weighted by molar-refractivity contribution is 0.354. The maximum Gasteiger partial charge on any atom is 0.166 e. The van der Waals surface area contributed by atoms with E-state index in [1.165, 1.54) is 0 Å². The molecule has 1 aromatic carbocycles. The van der Waals surface area contributed by atoms with Crippen molar-refractivity contribution in [1.29, 1.82) is 0 Å². The number of alkyl halides is 1. The summed E-state index contributed by atoms with van der Waals surface area (Å²) >= 11 is 5.74. The Morgan fingerprint density at radius 1 is 1.21 bits per heavy atom. The topological polar surface area (TPSA) is 62.1 Å². The van der Waals surface area contributed by atoms with Gasteiger partial charge < -0.3 is 9.47 Å². The fourth-order valence-electron chi connectivity index (χ4n) is 1.76. The minimum Gasteiger partial charge on any atom is -0.493 e. The molecule has 102 valence electrons. The first-order valence-corrected chi connectivity index (χ1v) is 6.34. The maximum atomic E-state index is 5.74. The summed E-state index contributed by atoms with van der Waals surface area (Å²) in [5, 5.41) is 11.3. The molecule has 7 heteroatoms. The summed E-state index contributed by atoms with van der Waals surface area (Å²) in [6.45, 7) is 0.671. The Balaban J connectivity index is 2.07. The van der Waals surface area contributed by atoms with E-state index in [1.807, 2.05) is 18.2 Å². The fraction of sp³-hybridized carbons (Fsp3) is 0.417. The zero-order valence-corrected chi connectivity index (χ0v) is 11.6. The van der Waals surface area contributed by atoms with Crippen LogP contribution in [-0.4, -0.2) is 34.4 Å². The molecule has 0 aliphatic carbocycles. The average Bonchev–Trinajstić information content (AvgIpc) is 2.92. The molecule has 0 aliphatic rings. The molecule has 0 spiro atoms. The van der Waals surface area contributed by atoms with Crippen molar-refractivity contribution in [3.8, 4) is 11.5 Å². The van der Waals surface area contributed by atoms with Crippen molar-refractivity contribution in [2.75, 3.05) is 14.2 Å². The van der Waals surface area contributed by atoms with Crippen LogP contribution in [0.3, 0.4) is 0 Å². The predicted octanol–water partition coefficient (Wildman–Crippen LogP) is 1.67. The molecule has 0 bridgehead atoms. The number of tetrazole rings is 1. The van der Waals surface area contributed by atoms with Gasteiger partial charge in [0.2, 0.25) is 0 Å². The summed E-state index contributed by atoms with van der Waals surface area (Å²) in [7, 11) is 3.24. The Morgan fingerprint density at radius 3 is 2.68 bits per heavy atom. The van der Waals surface area contributed by atoms with E-state index in [0.717, 1.165) is 17.7 Å². The van der Waals surface area contributed by atoms with E-state index in [2.05, 4.69) is 15.5 Å². The van der Waals surface area contributed by atoms with Gasteiger partial charge in [-0.3, -0.25) is 0 Å². The molecule has 2 aromatic rings. The van der Waals surface area contributed by atoms with Crippen LogP contribution in [0.15, 0.2) is 18.2 Å². The van der Waals surface area contributed by atoms with Crippen molar-refractivity contribution in [1.82, 2.24) is 20.2 Å². The highest BCUT2D eigenvalue weighted by Gasteiger charge is 2.07. The van der Waals surface area contributed by atoms with Crippen molar-refractivity contribution in [3.05, 3.63) is 29.6 Å². The largest absolute Gasteiger partial charge is 0.493 e. The number of methoxy groups -OCH3 is 2. The number of rotatable bonds is 6. The van der Waals surface area contributed by atoms with Crippen LogP contribution in [-0.2, 0) is 18.8 Å². The van der Waals surface area contributed by atoms with Crippen LogP contribution in [0.5, 0.6) is 11.5 Å². The molecule has 0 amide bonds. The number of hydrogen-bond donors (Lipinski definition) is 0. The highest BCUT2D eigenvalue weighted by molar-refractivity contribution is 6.16. The molecular formula is C12H15ClN4O2. The molecule has 0 saturated heterocycles. The van der Waals surface area contributed by atoms with Gasteiger partial charge in [-0.2, -0.15) is 0 Å². The van der Waals surface area contributed by atoms with Gasteiger partial charge in [-0.1, -0.05) is 6.07 Å². The van der Waals surface area contributed by atoms with Gasteiger partial charge >= 0.3 is 0 Å². The van der Waals surface area contributed by atoms with Gasteiger partial charge in [0.1, 0.15) is 0 Å². The van der Waals surface area contributed by atoms with Crippen LogP contribution < -0.4 is 9.47 Å². The molecule has 0 N–H and O–H groups in total. The molecule has 0 radical (unpaired) electrons. The quantitative estimate of drug-likeness (QED) is 0.754. The third kappa shape index (κ3) is 3.14. The molecule has 1 heterocycles. The van der Waals surface area contributed by atoms with E-state index in [4.69, 9.17) is 21.1 Å². The molecule has 0 fully saturated rings. The van der Waals surface area contributed by atoms with E-state index in [-0.39, 0.29) is 0 Å². The Hall–Kier alpha value is -1.82. The maximum absolute atomic E-state index is 5.74. The summed E-state index contributed by atoms with van der Waals surface area (Å²) in [4.78, 5) is 0. The van der Waals surface area contributed by atoms with Crippen LogP contribution in [0.4, 0.5) is 0 Å². The third-order valence-corrected chi connectivity index (χ3v) is 3.02. The molecular weight excluding hydrogens is 268 g/mol. The van der Waals surface area contributed by atoms with E-state index in [0.29, 0.717) is 24.0 Å². The lowest BCUT2D eigenvalue weighted by Crippen LogP contribution is -2.07. The number of benzene rings is 1. The first-order valence-electron chi connectivity index (χ1n) is 5.80. The number of hydrogen-bond acceptors (Lipinski definition) is 5. The smallest absolute Gasteiger partial charge is 0.166 e. The predicted molar refractivity (Wildman–Crippen MR) is 70.6 cm³/mol. The van der Waals surface area contributed by atoms with Crippen LogP contribution in [0.1, 0.15) is 11.4 Å².